The Bertz CT molecular complexity index is 487. The maximum absolute atomic E-state index is 12.0. The molecule has 0 aromatic heterocycles. The summed E-state index contributed by atoms with van der Waals surface area (Å²) in [7, 11) is 0. The Morgan fingerprint density at radius 1 is 1.55 bits per heavy atom. The zero-order chi connectivity index (χ0) is 14.7. The second kappa shape index (κ2) is 6.63. The molecule has 1 aromatic rings. The number of carbonyl (C=O) groups excluding carboxylic acids is 1. The zero-order valence-corrected chi connectivity index (χ0v) is 12.7. The summed E-state index contributed by atoms with van der Waals surface area (Å²) in [6, 6.07) is 3.10. The first-order chi connectivity index (χ1) is 9.45. The molecule has 20 heavy (non-hydrogen) atoms. The predicted octanol–water partition coefficient (Wildman–Crippen LogP) is 2.23. The fourth-order valence-corrected chi connectivity index (χ4v) is 2.70. The topological polar surface area (TPSA) is 67.6 Å². The van der Waals surface area contributed by atoms with Crippen LogP contribution in [-0.4, -0.2) is 43.2 Å². The summed E-state index contributed by atoms with van der Waals surface area (Å²) in [5.41, 5.74) is 6.57. The van der Waals surface area contributed by atoms with E-state index in [0.717, 1.165) is 13.1 Å². The van der Waals surface area contributed by atoms with Crippen molar-refractivity contribution < 1.29 is 9.53 Å². The summed E-state index contributed by atoms with van der Waals surface area (Å²) >= 11 is 11.9. The van der Waals surface area contributed by atoms with Gasteiger partial charge in [0.15, 0.2) is 0 Å². The number of halogens is 2. The van der Waals surface area contributed by atoms with Gasteiger partial charge in [0.2, 0.25) is 5.91 Å². The van der Waals surface area contributed by atoms with E-state index in [1.165, 1.54) is 0 Å². The first-order valence-electron chi connectivity index (χ1n) is 6.34. The van der Waals surface area contributed by atoms with Crippen molar-refractivity contribution in [2.24, 2.45) is 0 Å². The molecule has 1 heterocycles. The summed E-state index contributed by atoms with van der Waals surface area (Å²) in [6.45, 7) is 4.38. The van der Waals surface area contributed by atoms with Crippen LogP contribution in [0.3, 0.4) is 0 Å². The number of nitrogens with two attached hydrogens (primary N) is 1. The molecule has 1 aromatic carbocycles. The average Bonchev–Trinajstić information content (AvgIpc) is 2.33. The highest BCUT2D eigenvalue weighted by Crippen LogP contribution is 2.31. The Labute approximate surface area is 128 Å². The fourth-order valence-electron chi connectivity index (χ4n) is 2.14. The van der Waals surface area contributed by atoms with Gasteiger partial charge in [0.05, 0.1) is 35.7 Å². The number of hydrogen-bond acceptors (Lipinski definition) is 4. The predicted molar refractivity (Wildman–Crippen MR) is 81.4 cm³/mol. The van der Waals surface area contributed by atoms with Crippen LogP contribution in [0.4, 0.5) is 11.4 Å². The van der Waals surface area contributed by atoms with Gasteiger partial charge in [0.25, 0.3) is 0 Å². The highest BCUT2D eigenvalue weighted by Gasteiger charge is 2.19. The molecule has 1 aliphatic rings. The molecule has 1 amide bonds. The van der Waals surface area contributed by atoms with E-state index in [9.17, 15) is 4.79 Å². The second-order valence-corrected chi connectivity index (χ2v) is 5.66. The van der Waals surface area contributed by atoms with Crippen LogP contribution in [0.1, 0.15) is 6.92 Å². The molecule has 7 heteroatoms. The van der Waals surface area contributed by atoms with Gasteiger partial charge in [-0.25, -0.2) is 0 Å². The Morgan fingerprint density at radius 2 is 2.30 bits per heavy atom. The lowest BCUT2D eigenvalue weighted by Crippen LogP contribution is -2.44. The lowest BCUT2D eigenvalue weighted by atomic mass is 10.2. The largest absolute Gasteiger partial charge is 0.397 e. The third-order valence-electron chi connectivity index (χ3n) is 3.04. The number of amides is 1. The van der Waals surface area contributed by atoms with Crippen LogP contribution >= 0.6 is 23.2 Å². The zero-order valence-electron chi connectivity index (χ0n) is 11.2. The molecule has 0 aliphatic carbocycles. The molecule has 0 spiro atoms. The number of nitrogens with zero attached hydrogens (tertiary/aromatic N) is 1. The van der Waals surface area contributed by atoms with Gasteiger partial charge in [-0.2, -0.15) is 0 Å². The van der Waals surface area contributed by atoms with E-state index in [1.807, 2.05) is 11.8 Å². The highest BCUT2D eigenvalue weighted by molar-refractivity contribution is 6.37. The summed E-state index contributed by atoms with van der Waals surface area (Å²) in [5.74, 6) is -0.157. The van der Waals surface area contributed by atoms with Crippen LogP contribution in [0.15, 0.2) is 12.1 Å². The molecule has 110 valence electrons. The number of hydrogen-bond donors (Lipinski definition) is 2. The normalized spacial score (nSPS) is 19.9. The first kappa shape index (κ1) is 15.4. The molecule has 5 nitrogen and oxygen atoms in total. The molecule has 1 unspecified atom stereocenters. The van der Waals surface area contributed by atoms with Crippen LogP contribution < -0.4 is 11.1 Å². The SMILES string of the molecule is CC1CN(CC(=O)Nc2c(N)cc(Cl)cc2Cl)CCO1. The van der Waals surface area contributed by atoms with Crippen LogP contribution in [-0.2, 0) is 9.53 Å². The summed E-state index contributed by atoms with van der Waals surface area (Å²) in [4.78, 5) is 14.1. The average molecular weight is 318 g/mol. The van der Waals surface area contributed by atoms with Crippen LogP contribution in [0.5, 0.6) is 0 Å². The van der Waals surface area contributed by atoms with E-state index < -0.39 is 0 Å². The van der Waals surface area contributed by atoms with Crippen LogP contribution in [0.25, 0.3) is 0 Å². The fraction of sp³-hybridized carbons (Fsp3) is 0.462. The molecular weight excluding hydrogens is 301 g/mol. The van der Waals surface area contributed by atoms with E-state index in [1.54, 1.807) is 12.1 Å². The smallest absolute Gasteiger partial charge is 0.238 e. The molecule has 2 rings (SSSR count). The quantitative estimate of drug-likeness (QED) is 0.839. The lowest BCUT2D eigenvalue weighted by molar-refractivity contribution is -0.119. The van der Waals surface area contributed by atoms with Crippen molar-refractivity contribution in [2.75, 3.05) is 37.3 Å². The number of carbonyl (C=O) groups is 1. The van der Waals surface area contributed by atoms with Crippen molar-refractivity contribution in [1.82, 2.24) is 4.90 Å². The molecule has 0 bridgehead atoms. The van der Waals surface area contributed by atoms with Crippen LogP contribution in [0.2, 0.25) is 10.0 Å². The molecule has 0 saturated carbocycles. The lowest BCUT2D eigenvalue weighted by Gasteiger charge is -2.30. The van der Waals surface area contributed by atoms with Gasteiger partial charge in [0, 0.05) is 18.1 Å². The number of anilines is 2. The van der Waals surface area contributed by atoms with Gasteiger partial charge in [-0.15, -0.1) is 0 Å². The molecule has 1 fully saturated rings. The minimum atomic E-state index is -0.157. The molecule has 1 atom stereocenters. The number of ether oxygens (including phenoxy) is 1. The van der Waals surface area contributed by atoms with Crippen molar-refractivity contribution in [3.05, 3.63) is 22.2 Å². The van der Waals surface area contributed by atoms with Gasteiger partial charge in [-0.3, -0.25) is 9.69 Å². The highest BCUT2D eigenvalue weighted by atomic mass is 35.5. The van der Waals surface area contributed by atoms with E-state index in [-0.39, 0.29) is 18.6 Å². The Balaban J connectivity index is 1.98. The van der Waals surface area contributed by atoms with Crippen molar-refractivity contribution >= 4 is 40.5 Å². The molecule has 0 radical (unpaired) electrons. The van der Waals surface area contributed by atoms with Gasteiger partial charge in [0.1, 0.15) is 0 Å². The van der Waals surface area contributed by atoms with Gasteiger partial charge < -0.3 is 15.8 Å². The van der Waals surface area contributed by atoms with Crippen molar-refractivity contribution in [3.8, 4) is 0 Å². The third kappa shape index (κ3) is 3.99. The monoisotopic (exact) mass is 317 g/mol. The number of morpholine rings is 1. The molecular formula is C13H17Cl2N3O2. The first-order valence-corrected chi connectivity index (χ1v) is 7.09. The van der Waals surface area contributed by atoms with E-state index in [0.29, 0.717) is 28.0 Å². The van der Waals surface area contributed by atoms with Crippen molar-refractivity contribution in [1.29, 1.82) is 0 Å². The standard InChI is InChI=1S/C13H17Cl2N3O2/c1-8-6-18(2-3-20-8)7-12(19)17-13-10(15)4-9(14)5-11(13)16/h4-5,8H,2-3,6-7,16H2,1H3,(H,17,19). The van der Waals surface area contributed by atoms with Gasteiger partial charge in [-0.1, -0.05) is 23.2 Å². The number of nitrogen functional groups attached to an aromatic ring is 1. The Kier molecular flexibility index (Phi) is 5.10. The van der Waals surface area contributed by atoms with Crippen molar-refractivity contribution in [3.63, 3.8) is 0 Å². The van der Waals surface area contributed by atoms with E-state index in [2.05, 4.69) is 5.32 Å². The van der Waals surface area contributed by atoms with Gasteiger partial charge >= 0.3 is 0 Å². The van der Waals surface area contributed by atoms with E-state index >= 15 is 0 Å². The number of rotatable bonds is 3. The molecule has 1 saturated heterocycles. The Hall–Kier alpha value is -1.01. The number of benzene rings is 1. The van der Waals surface area contributed by atoms with Crippen molar-refractivity contribution in [2.45, 2.75) is 13.0 Å². The van der Waals surface area contributed by atoms with Crippen LogP contribution in [0, 0.1) is 0 Å². The summed E-state index contributed by atoms with van der Waals surface area (Å²) in [6.07, 6.45) is 0.140. The summed E-state index contributed by atoms with van der Waals surface area (Å²) in [5, 5.41) is 3.50. The Morgan fingerprint density at radius 3 is 2.95 bits per heavy atom. The molecule has 1 aliphatic heterocycles. The maximum atomic E-state index is 12.0. The second-order valence-electron chi connectivity index (χ2n) is 4.82. The minimum absolute atomic E-state index is 0.140. The number of nitrogens with one attached hydrogen (secondary N) is 1. The maximum Gasteiger partial charge on any atom is 0.238 e. The minimum Gasteiger partial charge on any atom is -0.397 e. The van der Waals surface area contributed by atoms with Gasteiger partial charge in [-0.05, 0) is 19.1 Å². The third-order valence-corrected chi connectivity index (χ3v) is 3.56. The summed E-state index contributed by atoms with van der Waals surface area (Å²) < 4.78 is 5.43. The van der Waals surface area contributed by atoms with E-state index in [4.69, 9.17) is 33.7 Å². The molecule has 3 N–H and O–H groups in total.